The molecule has 34 heavy (non-hydrogen) atoms. The number of carbonyl (C=O) groups excluding carboxylic acids is 1. The van der Waals surface area contributed by atoms with E-state index in [9.17, 15) is 4.79 Å². The van der Waals surface area contributed by atoms with Gasteiger partial charge < -0.3 is 13.9 Å². The van der Waals surface area contributed by atoms with Crippen molar-refractivity contribution < 1.29 is 18.7 Å². The van der Waals surface area contributed by atoms with Crippen LogP contribution in [0.2, 0.25) is 0 Å². The topological polar surface area (TPSA) is 51.9 Å². The SMILES string of the molecule is COc1ccc2c(-c3cc(OCCN4CCCCC4)ccc3C=O)c(-c3ccccc3)oc2c1. The van der Waals surface area contributed by atoms with Crippen molar-refractivity contribution in [2.24, 2.45) is 0 Å². The van der Waals surface area contributed by atoms with E-state index in [0.29, 0.717) is 17.8 Å². The molecular formula is C29H29NO4. The molecule has 5 nitrogen and oxygen atoms in total. The molecule has 3 aromatic carbocycles. The molecule has 2 heterocycles. The molecule has 0 saturated carbocycles. The van der Waals surface area contributed by atoms with Gasteiger partial charge in [-0.3, -0.25) is 9.69 Å². The summed E-state index contributed by atoms with van der Waals surface area (Å²) in [5.41, 5.74) is 3.93. The van der Waals surface area contributed by atoms with Crippen LogP contribution in [0.3, 0.4) is 0 Å². The Bertz CT molecular complexity index is 1270. The van der Waals surface area contributed by atoms with Crippen LogP contribution >= 0.6 is 0 Å². The highest BCUT2D eigenvalue weighted by Gasteiger charge is 2.21. The van der Waals surface area contributed by atoms with Crippen LogP contribution in [0.1, 0.15) is 29.6 Å². The largest absolute Gasteiger partial charge is 0.497 e. The Labute approximate surface area is 199 Å². The summed E-state index contributed by atoms with van der Waals surface area (Å²) >= 11 is 0. The van der Waals surface area contributed by atoms with Crippen LogP contribution in [0.5, 0.6) is 11.5 Å². The molecule has 0 bridgehead atoms. The number of benzene rings is 3. The fraction of sp³-hybridized carbons (Fsp3) is 0.276. The maximum absolute atomic E-state index is 12.0. The Morgan fingerprint density at radius 1 is 0.941 bits per heavy atom. The first-order valence-electron chi connectivity index (χ1n) is 11.9. The summed E-state index contributed by atoms with van der Waals surface area (Å²) in [7, 11) is 1.64. The Morgan fingerprint density at radius 3 is 2.50 bits per heavy atom. The Balaban J connectivity index is 1.55. The van der Waals surface area contributed by atoms with E-state index in [1.165, 1.54) is 19.3 Å². The molecule has 1 aromatic heterocycles. The van der Waals surface area contributed by atoms with Crippen molar-refractivity contribution in [2.45, 2.75) is 19.3 Å². The molecule has 1 aliphatic rings. The second kappa shape index (κ2) is 10.1. The normalized spacial score (nSPS) is 14.3. The average molecular weight is 456 g/mol. The predicted octanol–water partition coefficient (Wildman–Crippen LogP) is 6.45. The van der Waals surface area contributed by atoms with E-state index in [2.05, 4.69) is 4.90 Å². The number of likely N-dealkylation sites (tertiary alicyclic amines) is 1. The van der Waals surface area contributed by atoms with Crippen LogP contribution in [0.15, 0.2) is 71.1 Å². The summed E-state index contributed by atoms with van der Waals surface area (Å²) < 4.78 is 17.9. The molecule has 0 aliphatic carbocycles. The highest BCUT2D eigenvalue weighted by atomic mass is 16.5. The van der Waals surface area contributed by atoms with Crippen LogP contribution < -0.4 is 9.47 Å². The smallest absolute Gasteiger partial charge is 0.150 e. The van der Waals surface area contributed by atoms with Gasteiger partial charge in [-0.05, 0) is 56.3 Å². The summed E-state index contributed by atoms with van der Waals surface area (Å²) in [6, 6.07) is 21.4. The van der Waals surface area contributed by atoms with Crippen LogP contribution in [0, 0.1) is 0 Å². The third-order valence-electron chi connectivity index (χ3n) is 6.48. The molecule has 5 heteroatoms. The standard InChI is InChI=1S/C29H29NO4/c1-32-23-12-13-25-27(19-23)34-29(21-8-4-2-5-9-21)28(25)26-18-24(11-10-22(26)20-31)33-17-16-30-14-6-3-7-15-30/h2,4-5,8-13,18-20H,3,6-7,14-17H2,1H3. The molecule has 0 spiro atoms. The molecule has 0 atom stereocenters. The number of hydrogen-bond donors (Lipinski definition) is 0. The van der Waals surface area contributed by atoms with E-state index < -0.39 is 0 Å². The fourth-order valence-electron chi connectivity index (χ4n) is 4.68. The molecule has 4 aromatic rings. The van der Waals surface area contributed by atoms with Crippen molar-refractivity contribution in [3.8, 4) is 33.9 Å². The zero-order valence-electron chi connectivity index (χ0n) is 19.5. The Morgan fingerprint density at radius 2 is 1.74 bits per heavy atom. The maximum Gasteiger partial charge on any atom is 0.150 e. The fourth-order valence-corrected chi connectivity index (χ4v) is 4.68. The minimum absolute atomic E-state index is 0.596. The molecule has 1 fully saturated rings. The molecule has 0 unspecified atom stereocenters. The zero-order valence-corrected chi connectivity index (χ0v) is 19.5. The van der Waals surface area contributed by atoms with Crippen LogP contribution in [0.4, 0.5) is 0 Å². The van der Waals surface area contributed by atoms with Crippen LogP contribution in [-0.2, 0) is 0 Å². The van der Waals surface area contributed by atoms with Gasteiger partial charge in [-0.15, -0.1) is 0 Å². The number of fused-ring (bicyclic) bond motifs is 1. The molecule has 1 saturated heterocycles. The third-order valence-corrected chi connectivity index (χ3v) is 6.48. The predicted molar refractivity (Wildman–Crippen MR) is 135 cm³/mol. The van der Waals surface area contributed by atoms with Crippen molar-refractivity contribution >= 4 is 17.3 Å². The quantitative estimate of drug-likeness (QED) is 0.286. The minimum atomic E-state index is 0.596. The van der Waals surface area contributed by atoms with Gasteiger partial charge in [0.25, 0.3) is 0 Å². The Kier molecular flexibility index (Phi) is 6.63. The van der Waals surface area contributed by atoms with Gasteiger partial charge in [0.1, 0.15) is 29.4 Å². The van der Waals surface area contributed by atoms with Crippen LogP contribution in [0.25, 0.3) is 33.4 Å². The lowest BCUT2D eigenvalue weighted by Crippen LogP contribution is -2.33. The van der Waals surface area contributed by atoms with Crippen molar-refractivity contribution in [3.05, 3.63) is 72.3 Å². The van der Waals surface area contributed by atoms with E-state index >= 15 is 0 Å². The minimum Gasteiger partial charge on any atom is -0.497 e. The second-order valence-electron chi connectivity index (χ2n) is 8.65. The number of methoxy groups -OCH3 is 1. The monoisotopic (exact) mass is 455 g/mol. The second-order valence-corrected chi connectivity index (χ2v) is 8.65. The average Bonchev–Trinajstić information content (AvgIpc) is 3.28. The van der Waals surface area contributed by atoms with Gasteiger partial charge in [-0.25, -0.2) is 0 Å². The summed E-state index contributed by atoms with van der Waals surface area (Å²) in [5, 5.41) is 0.924. The summed E-state index contributed by atoms with van der Waals surface area (Å²) in [5.74, 6) is 2.19. The van der Waals surface area contributed by atoms with Crippen molar-refractivity contribution in [2.75, 3.05) is 33.4 Å². The third kappa shape index (κ3) is 4.57. The molecule has 1 aliphatic heterocycles. The van der Waals surface area contributed by atoms with E-state index in [0.717, 1.165) is 65.3 Å². The maximum atomic E-state index is 12.0. The number of carbonyl (C=O) groups is 1. The van der Waals surface area contributed by atoms with Gasteiger partial charge >= 0.3 is 0 Å². The molecule has 174 valence electrons. The molecule has 0 amide bonds. The van der Waals surface area contributed by atoms with Gasteiger partial charge in [-0.1, -0.05) is 36.8 Å². The Hall–Kier alpha value is -3.57. The van der Waals surface area contributed by atoms with Crippen molar-refractivity contribution in [3.63, 3.8) is 0 Å². The number of ether oxygens (including phenoxy) is 2. The molecular weight excluding hydrogens is 426 g/mol. The molecule has 0 radical (unpaired) electrons. The van der Waals surface area contributed by atoms with Gasteiger partial charge in [0.2, 0.25) is 0 Å². The first kappa shape index (κ1) is 22.2. The number of rotatable bonds is 8. The summed E-state index contributed by atoms with van der Waals surface area (Å²) in [6.07, 6.45) is 4.74. The lowest BCUT2D eigenvalue weighted by Gasteiger charge is -2.26. The summed E-state index contributed by atoms with van der Waals surface area (Å²) in [4.78, 5) is 14.5. The molecule has 0 N–H and O–H groups in total. The van der Waals surface area contributed by atoms with Crippen molar-refractivity contribution in [1.29, 1.82) is 0 Å². The number of piperidine rings is 1. The first-order valence-corrected chi connectivity index (χ1v) is 11.9. The number of hydrogen-bond acceptors (Lipinski definition) is 5. The van der Waals surface area contributed by atoms with Gasteiger partial charge in [0.15, 0.2) is 6.29 Å². The van der Waals surface area contributed by atoms with E-state index in [4.69, 9.17) is 13.9 Å². The lowest BCUT2D eigenvalue weighted by atomic mass is 9.95. The van der Waals surface area contributed by atoms with Crippen molar-refractivity contribution in [1.82, 2.24) is 4.90 Å². The number of furan rings is 1. The van der Waals surface area contributed by atoms with E-state index in [1.807, 2.05) is 66.7 Å². The zero-order chi connectivity index (χ0) is 23.3. The molecule has 5 rings (SSSR count). The van der Waals surface area contributed by atoms with E-state index in [1.54, 1.807) is 7.11 Å². The van der Waals surface area contributed by atoms with Gasteiger partial charge in [0, 0.05) is 40.3 Å². The van der Waals surface area contributed by atoms with Gasteiger partial charge in [0.05, 0.1) is 7.11 Å². The number of nitrogens with zero attached hydrogens (tertiary/aromatic N) is 1. The van der Waals surface area contributed by atoms with E-state index in [-0.39, 0.29) is 0 Å². The highest BCUT2D eigenvalue weighted by molar-refractivity contribution is 6.05. The highest BCUT2D eigenvalue weighted by Crippen LogP contribution is 2.43. The lowest BCUT2D eigenvalue weighted by molar-refractivity contribution is 0.112. The van der Waals surface area contributed by atoms with Crippen LogP contribution in [-0.4, -0.2) is 44.5 Å². The van der Waals surface area contributed by atoms with Gasteiger partial charge in [-0.2, -0.15) is 0 Å². The summed E-state index contributed by atoms with van der Waals surface area (Å²) in [6.45, 7) is 3.82. The first-order chi connectivity index (χ1) is 16.8. The number of aldehydes is 1.